The summed E-state index contributed by atoms with van der Waals surface area (Å²) in [6, 6.07) is 2.97. The maximum Gasteiger partial charge on any atom is 0.236 e. The van der Waals surface area contributed by atoms with E-state index in [0.29, 0.717) is 36.7 Å². The minimum Gasteiger partial charge on any atom is -0.377 e. The zero-order chi connectivity index (χ0) is 23.8. The van der Waals surface area contributed by atoms with Crippen LogP contribution in [-0.2, 0) is 4.74 Å². The lowest BCUT2D eigenvalue weighted by Gasteiger charge is -2.38. The van der Waals surface area contributed by atoms with E-state index in [4.69, 9.17) is 14.7 Å². The maximum atomic E-state index is 9.66. The number of nitrogens with zero attached hydrogens (tertiary/aromatic N) is 6. The molecule has 5 rings (SSSR count). The van der Waals surface area contributed by atoms with E-state index in [1.54, 1.807) is 0 Å². The highest BCUT2D eigenvalue weighted by Gasteiger charge is 2.34. The van der Waals surface area contributed by atoms with Gasteiger partial charge in [0.15, 0.2) is 11.5 Å². The van der Waals surface area contributed by atoms with Crippen LogP contribution in [0.25, 0.3) is 11.2 Å². The fraction of sp³-hybridized carbons (Fsp3) is 0.769. The van der Waals surface area contributed by atoms with Gasteiger partial charge in [0.05, 0.1) is 19.3 Å². The molecule has 8 nitrogen and oxygen atoms in total. The average Bonchev–Trinajstić information content (AvgIpc) is 3.17. The average molecular weight is 466 g/mol. The van der Waals surface area contributed by atoms with Crippen LogP contribution < -0.4 is 10.2 Å². The van der Waals surface area contributed by atoms with Gasteiger partial charge in [-0.15, -0.1) is 0 Å². The molecule has 0 spiro atoms. The Labute approximate surface area is 203 Å². The summed E-state index contributed by atoms with van der Waals surface area (Å²) in [6.45, 7) is 11.3. The van der Waals surface area contributed by atoms with Crippen LogP contribution in [0, 0.1) is 29.1 Å². The maximum absolute atomic E-state index is 9.66. The van der Waals surface area contributed by atoms with Crippen LogP contribution in [0.5, 0.6) is 0 Å². The quantitative estimate of drug-likeness (QED) is 0.648. The lowest BCUT2D eigenvalue weighted by Crippen LogP contribution is -2.45. The van der Waals surface area contributed by atoms with E-state index >= 15 is 0 Å². The van der Waals surface area contributed by atoms with Crippen molar-refractivity contribution in [2.45, 2.75) is 90.8 Å². The summed E-state index contributed by atoms with van der Waals surface area (Å²) >= 11 is 0. The summed E-state index contributed by atoms with van der Waals surface area (Å²) in [7, 11) is 0. The molecule has 2 aromatic rings. The van der Waals surface area contributed by atoms with Crippen molar-refractivity contribution in [3.8, 4) is 6.07 Å². The van der Waals surface area contributed by atoms with Gasteiger partial charge >= 0.3 is 0 Å². The highest BCUT2D eigenvalue weighted by Crippen LogP contribution is 2.41. The Hall–Kier alpha value is -2.40. The first-order valence-corrected chi connectivity index (χ1v) is 13.3. The number of ether oxygens (including phenoxy) is 1. The first kappa shape index (κ1) is 23.3. The molecule has 3 atom stereocenters. The van der Waals surface area contributed by atoms with Crippen molar-refractivity contribution in [1.82, 2.24) is 19.5 Å². The second-order valence-corrected chi connectivity index (χ2v) is 11.0. The molecule has 3 aliphatic rings. The van der Waals surface area contributed by atoms with Crippen molar-refractivity contribution in [2.24, 2.45) is 17.8 Å². The second kappa shape index (κ2) is 9.69. The fourth-order valence-electron chi connectivity index (χ4n) is 6.01. The topological polar surface area (TPSA) is 91.9 Å². The molecule has 0 radical (unpaired) electrons. The van der Waals surface area contributed by atoms with E-state index in [1.165, 1.54) is 44.9 Å². The smallest absolute Gasteiger partial charge is 0.236 e. The minimum absolute atomic E-state index is 0.182. The van der Waals surface area contributed by atoms with Gasteiger partial charge in [-0.3, -0.25) is 0 Å². The van der Waals surface area contributed by atoms with E-state index < -0.39 is 0 Å². The highest BCUT2D eigenvalue weighted by atomic mass is 16.5. The first-order valence-electron chi connectivity index (χ1n) is 13.3. The molecule has 1 N–H and O–H groups in total. The monoisotopic (exact) mass is 465 g/mol. The number of anilines is 2. The number of nitrogens with one attached hydrogen (secondary N) is 1. The normalized spacial score (nSPS) is 27.7. The summed E-state index contributed by atoms with van der Waals surface area (Å²) in [5.74, 6) is 3.95. The Morgan fingerprint density at radius 2 is 1.79 bits per heavy atom. The van der Waals surface area contributed by atoms with Gasteiger partial charge in [0.25, 0.3) is 0 Å². The molecule has 34 heavy (non-hydrogen) atoms. The number of morpholine rings is 1. The summed E-state index contributed by atoms with van der Waals surface area (Å²) in [5.41, 5.74) is 1.57. The predicted octanol–water partition coefficient (Wildman–Crippen LogP) is 4.91. The van der Waals surface area contributed by atoms with Crippen molar-refractivity contribution in [1.29, 1.82) is 5.26 Å². The van der Waals surface area contributed by atoms with Crippen molar-refractivity contribution in [2.75, 3.05) is 30.0 Å². The number of imidazole rings is 1. The van der Waals surface area contributed by atoms with Crippen LogP contribution in [-0.4, -0.2) is 51.4 Å². The third-order valence-electron chi connectivity index (χ3n) is 8.62. The van der Waals surface area contributed by atoms with Gasteiger partial charge < -0.3 is 19.5 Å². The van der Waals surface area contributed by atoms with E-state index in [1.807, 2.05) is 0 Å². The van der Waals surface area contributed by atoms with Crippen molar-refractivity contribution < 1.29 is 4.74 Å². The molecule has 1 saturated heterocycles. The van der Waals surface area contributed by atoms with Crippen molar-refractivity contribution in [3.05, 3.63) is 5.82 Å². The Bertz CT molecular complexity index is 1050. The van der Waals surface area contributed by atoms with E-state index in [9.17, 15) is 5.26 Å². The summed E-state index contributed by atoms with van der Waals surface area (Å²) in [4.78, 5) is 16.7. The highest BCUT2D eigenvalue weighted by molar-refractivity contribution is 5.86. The molecular weight excluding hydrogens is 426 g/mol. The molecule has 3 heterocycles. The minimum atomic E-state index is 0.182. The van der Waals surface area contributed by atoms with Crippen molar-refractivity contribution in [3.63, 3.8) is 0 Å². The Morgan fingerprint density at radius 1 is 1.03 bits per heavy atom. The predicted molar refractivity (Wildman–Crippen MR) is 134 cm³/mol. The standard InChI is InChI=1S/C26H39N7O/c1-16-8-10-21(11-9-16)19(4)33-23-24(28-18(3)20-6-5-7-20)29-22(14-27)30-25(23)31-26(33)32-12-13-34-15-17(32)2/h16-21H,5-13,15H2,1-4H3,(H,28,29,30)/t16?,17-,18-,19?,21?/m1/s1. The number of aromatic nitrogens is 4. The molecule has 2 aliphatic carbocycles. The number of rotatable bonds is 6. The van der Waals surface area contributed by atoms with E-state index in [2.05, 4.69) is 53.5 Å². The number of nitriles is 1. The van der Waals surface area contributed by atoms with Crippen LogP contribution in [0.3, 0.4) is 0 Å². The largest absolute Gasteiger partial charge is 0.377 e. The molecule has 0 bridgehead atoms. The Balaban J connectivity index is 1.63. The molecule has 8 heteroatoms. The zero-order valence-electron chi connectivity index (χ0n) is 21.1. The van der Waals surface area contributed by atoms with Crippen molar-refractivity contribution >= 4 is 22.9 Å². The van der Waals surface area contributed by atoms with Crippen LogP contribution in [0.4, 0.5) is 11.8 Å². The molecule has 0 aromatic carbocycles. The molecule has 2 aromatic heterocycles. The van der Waals surface area contributed by atoms with Gasteiger partial charge in [0.2, 0.25) is 11.8 Å². The Morgan fingerprint density at radius 3 is 2.44 bits per heavy atom. The fourth-order valence-corrected chi connectivity index (χ4v) is 6.01. The lowest BCUT2D eigenvalue weighted by atomic mass is 9.79. The van der Waals surface area contributed by atoms with Crippen LogP contribution in [0.2, 0.25) is 0 Å². The van der Waals surface area contributed by atoms with Gasteiger partial charge in [0, 0.05) is 18.6 Å². The van der Waals surface area contributed by atoms with Gasteiger partial charge in [-0.25, -0.2) is 0 Å². The summed E-state index contributed by atoms with van der Waals surface area (Å²) in [5, 5.41) is 13.4. The third kappa shape index (κ3) is 4.35. The molecule has 1 unspecified atom stereocenters. The zero-order valence-corrected chi connectivity index (χ0v) is 21.1. The Kier molecular flexibility index (Phi) is 6.65. The molecule has 1 aliphatic heterocycles. The lowest BCUT2D eigenvalue weighted by molar-refractivity contribution is 0.0972. The van der Waals surface area contributed by atoms with Crippen LogP contribution >= 0.6 is 0 Å². The molecule has 2 saturated carbocycles. The van der Waals surface area contributed by atoms with Gasteiger partial charge in [-0.2, -0.15) is 20.2 Å². The number of hydrogen-bond acceptors (Lipinski definition) is 7. The SMILES string of the molecule is CC1CCC(C(C)n2c(N3CCOC[C@H]3C)nc3nc(C#N)nc(N[C@H](C)C4CCC4)c32)CC1. The third-order valence-corrected chi connectivity index (χ3v) is 8.62. The number of hydrogen-bond donors (Lipinski definition) is 1. The van der Waals surface area contributed by atoms with Crippen LogP contribution in [0.1, 0.15) is 84.5 Å². The first-order chi connectivity index (χ1) is 16.5. The molecular formula is C26H39N7O. The molecule has 184 valence electrons. The van der Waals surface area contributed by atoms with Gasteiger partial charge in [-0.1, -0.05) is 26.2 Å². The van der Waals surface area contributed by atoms with Crippen LogP contribution in [0.15, 0.2) is 0 Å². The van der Waals surface area contributed by atoms with E-state index in [-0.39, 0.29) is 17.9 Å². The molecule has 3 fully saturated rings. The van der Waals surface area contributed by atoms with Gasteiger partial charge in [0.1, 0.15) is 11.6 Å². The van der Waals surface area contributed by atoms with E-state index in [0.717, 1.165) is 29.7 Å². The summed E-state index contributed by atoms with van der Waals surface area (Å²) < 4.78 is 8.13. The second-order valence-electron chi connectivity index (χ2n) is 11.0. The van der Waals surface area contributed by atoms with Gasteiger partial charge in [-0.05, 0) is 64.2 Å². The number of fused-ring (bicyclic) bond motifs is 1. The summed E-state index contributed by atoms with van der Waals surface area (Å²) in [6.07, 6.45) is 8.83. The molecule has 0 amide bonds.